The van der Waals surface area contributed by atoms with Gasteiger partial charge in [-0.3, -0.25) is 9.69 Å². The van der Waals surface area contributed by atoms with Crippen LogP contribution in [-0.2, 0) is 11.2 Å². The summed E-state index contributed by atoms with van der Waals surface area (Å²) in [6.07, 6.45) is 0.347. The normalized spacial score (nSPS) is 16.6. The summed E-state index contributed by atoms with van der Waals surface area (Å²) in [5.41, 5.74) is 1.94. The Morgan fingerprint density at radius 3 is 2.32 bits per heavy atom. The number of aliphatic carboxylic acids is 1. The van der Waals surface area contributed by atoms with Gasteiger partial charge >= 0.3 is 5.97 Å². The quantitative estimate of drug-likeness (QED) is 0.858. The molecule has 0 bridgehead atoms. The first-order valence-electron chi connectivity index (χ1n) is 8.26. The zero-order valence-electron chi connectivity index (χ0n) is 13.7. The molecule has 1 atom stereocenters. The summed E-state index contributed by atoms with van der Waals surface area (Å²) >= 11 is 12.3. The minimum absolute atomic E-state index is 0.347. The highest BCUT2D eigenvalue weighted by atomic mass is 35.5. The van der Waals surface area contributed by atoms with E-state index >= 15 is 0 Å². The average molecular weight is 379 g/mol. The summed E-state index contributed by atoms with van der Waals surface area (Å²) in [4.78, 5) is 16.1. The highest BCUT2D eigenvalue weighted by Gasteiger charge is 2.29. The van der Waals surface area contributed by atoms with E-state index in [0.29, 0.717) is 29.6 Å². The number of piperazine rings is 1. The third kappa shape index (κ3) is 4.27. The van der Waals surface area contributed by atoms with Crippen LogP contribution >= 0.6 is 23.2 Å². The average Bonchev–Trinajstić information content (AvgIpc) is 2.63. The van der Waals surface area contributed by atoms with E-state index in [9.17, 15) is 9.90 Å². The fourth-order valence-corrected chi connectivity index (χ4v) is 3.61. The molecular weight excluding hydrogens is 359 g/mol. The van der Waals surface area contributed by atoms with Crippen LogP contribution in [0.1, 0.15) is 5.56 Å². The third-order valence-corrected chi connectivity index (χ3v) is 5.46. The predicted molar refractivity (Wildman–Crippen MR) is 102 cm³/mol. The maximum absolute atomic E-state index is 11.8. The molecule has 0 amide bonds. The summed E-state index contributed by atoms with van der Waals surface area (Å²) < 4.78 is 0. The van der Waals surface area contributed by atoms with Gasteiger partial charge in [-0.2, -0.15) is 0 Å². The lowest BCUT2D eigenvalue weighted by atomic mass is 10.0. The lowest BCUT2D eigenvalue weighted by Gasteiger charge is -2.39. The second-order valence-electron chi connectivity index (χ2n) is 6.13. The number of hydrogen-bond donors (Lipinski definition) is 1. The molecule has 1 aliphatic heterocycles. The molecule has 0 spiro atoms. The van der Waals surface area contributed by atoms with Gasteiger partial charge in [0.05, 0.1) is 10.0 Å². The van der Waals surface area contributed by atoms with Gasteiger partial charge in [-0.25, -0.2) is 0 Å². The first-order valence-corrected chi connectivity index (χ1v) is 9.01. The van der Waals surface area contributed by atoms with E-state index in [0.717, 1.165) is 18.7 Å². The van der Waals surface area contributed by atoms with Crippen molar-refractivity contribution in [2.45, 2.75) is 12.5 Å². The van der Waals surface area contributed by atoms with Crippen LogP contribution in [0.4, 0.5) is 5.69 Å². The number of benzene rings is 2. The summed E-state index contributed by atoms with van der Waals surface area (Å²) in [5, 5.41) is 10.6. The topological polar surface area (TPSA) is 43.8 Å². The Hall–Kier alpha value is -1.75. The molecule has 6 heteroatoms. The number of rotatable bonds is 5. The standard InChI is InChI=1S/C19H20Cl2N2O2/c20-16-8-4-5-14(18(16)21)13-17(19(24)25)23-11-9-22(10-12-23)15-6-2-1-3-7-15/h1-8,17H,9-13H2,(H,24,25). The van der Waals surface area contributed by atoms with E-state index in [-0.39, 0.29) is 0 Å². The smallest absolute Gasteiger partial charge is 0.321 e. The number of carbonyl (C=O) groups is 1. The van der Waals surface area contributed by atoms with Crippen molar-refractivity contribution in [3.8, 4) is 0 Å². The number of hydrogen-bond acceptors (Lipinski definition) is 3. The number of carboxylic acid groups (broad SMARTS) is 1. The highest BCUT2D eigenvalue weighted by Crippen LogP contribution is 2.27. The first kappa shape index (κ1) is 18.1. The van der Waals surface area contributed by atoms with Crippen LogP contribution < -0.4 is 4.90 Å². The van der Waals surface area contributed by atoms with Gasteiger partial charge in [0, 0.05) is 38.3 Å². The molecule has 2 aromatic carbocycles. The van der Waals surface area contributed by atoms with Crippen molar-refractivity contribution >= 4 is 34.9 Å². The maximum atomic E-state index is 11.8. The van der Waals surface area contributed by atoms with E-state index < -0.39 is 12.0 Å². The van der Waals surface area contributed by atoms with Gasteiger partial charge in [-0.15, -0.1) is 0 Å². The van der Waals surface area contributed by atoms with E-state index in [1.54, 1.807) is 12.1 Å². The van der Waals surface area contributed by atoms with Crippen molar-refractivity contribution in [2.24, 2.45) is 0 Å². The van der Waals surface area contributed by atoms with Crippen LogP contribution in [-0.4, -0.2) is 48.2 Å². The molecular formula is C19H20Cl2N2O2. The van der Waals surface area contributed by atoms with E-state index in [1.807, 2.05) is 29.2 Å². The van der Waals surface area contributed by atoms with Crippen LogP contribution in [0.5, 0.6) is 0 Å². The number of anilines is 1. The Labute approximate surface area is 157 Å². The van der Waals surface area contributed by atoms with Crippen LogP contribution in [0.2, 0.25) is 10.0 Å². The van der Waals surface area contributed by atoms with E-state index in [2.05, 4.69) is 17.0 Å². The molecule has 3 rings (SSSR count). The van der Waals surface area contributed by atoms with Gasteiger partial charge < -0.3 is 10.0 Å². The summed E-state index contributed by atoms with van der Waals surface area (Å²) in [6.45, 7) is 3.00. The van der Waals surface area contributed by atoms with Crippen LogP contribution in [0.25, 0.3) is 0 Å². The molecule has 1 unspecified atom stereocenters. The molecule has 1 saturated heterocycles. The largest absolute Gasteiger partial charge is 0.480 e. The molecule has 4 nitrogen and oxygen atoms in total. The molecule has 132 valence electrons. The van der Waals surface area contributed by atoms with Gasteiger partial charge in [0.2, 0.25) is 0 Å². The lowest BCUT2D eigenvalue weighted by Crippen LogP contribution is -2.53. The van der Waals surface area contributed by atoms with Gasteiger partial charge in [0.1, 0.15) is 6.04 Å². The number of para-hydroxylation sites is 1. The van der Waals surface area contributed by atoms with E-state index in [1.165, 1.54) is 5.69 Å². The Morgan fingerprint density at radius 2 is 1.68 bits per heavy atom. The van der Waals surface area contributed by atoms with E-state index in [4.69, 9.17) is 23.2 Å². The van der Waals surface area contributed by atoms with Crippen LogP contribution in [0.3, 0.4) is 0 Å². The fourth-order valence-electron chi connectivity index (χ4n) is 3.22. The SMILES string of the molecule is O=C(O)C(Cc1cccc(Cl)c1Cl)N1CCN(c2ccccc2)CC1. The van der Waals surface area contributed by atoms with Gasteiger partial charge in [0.25, 0.3) is 0 Å². The second kappa shape index (κ2) is 8.09. The second-order valence-corrected chi connectivity index (χ2v) is 6.91. The molecule has 1 heterocycles. The Balaban J connectivity index is 1.68. The number of carboxylic acids is 1. The number of nitrogens with zero attached hydrogens (tertiary/aromatic N) is 2. The highest BCUT2D eigenvalue weighted by molar-refractivity contribution is 6.42. The molecule has 1 fully saturated rings. The Bertz CT molecular complexity index is 731. The monoisotopic (exact) mass is 378 g/mol. The van der Waals surface area contributed by atoms with Gasteiger partial charge in [-0.1, -0.05) is 53.5 Å². The number of halogens is 2. The molecule has 25 heavy (non-hydrogen) atoms. The van der Waals surface area contributed by atoms with Crippen molar-refractivity contribution in [3.63, 3.8) is 0 Å². The third-order valence-electron chi connectivity index (χ3n) is 4.61. The van der Waals surface area contributed by atoms with Gasteiger partial charge in [-0.05, 0) is 23.8 Å². The molecule has 1 N–H and O–H groups in total. The Morgan fingerprint density at radius 1 is 1.00 bits per heavy atom. The summed E-state index contributed by atoms with van der Waals surface area (Å²) in [5.74, 6) is -0.829. The molecule has 0 aromatic heterocycles. The Kier molecular flexibility index (Phi) is 5.84. The zero-order valence-corrected chi connectivity index (χ0v) is 15.2. The van der Waals surface area contributed by atoms with Crippen molar-refractivity contribution in [2.75, 3.05) is 31.1 Å². The molecule has 0 saturated carbocycles. The summed E-state index contributed by atoms with van der Waals surface area (Å²) in [6, 6.07) is 14.9. The fraction of sp³-hybridized carbons (Fsp3) is 0.316. The minimum atomic E-state index is -0.829. The van der Waals surface area contributed by atoms with Gasteiger partial charge in [0.15, 0.2) is 0 Å². The predicted octanol–water partition coefficient (Wildman–Crippen LogP) is 3.81. The van der Waals surface area contributed by atoms with Crippen LogP contribution in [0, 0.1) is 0 Å². The summed E-state index contributed by atoms with van der Waals surface area (Å²) in [7, 11) is 0. The molecule has 2 aromatic rings. The minimum Gasteiger partial charge on any atom is -0.480 e. The van der Waals surface area contributed by atoms with Crippen molar-refractivity contribution < 1.29 is 9.90 Å². The lowest BCUT2D eigenvalue weighted by molar-refractivity contribution is -0.143. The zero-order chi connectivity index (χ0) is 17.8. The molecule has 1 aliphatic rings. The maximum Gasteiger partial charge on any atom is 0.321 e. The van der Waals surface area contributed by atoms with Crippen molar-refractivity contribution in [1.82, 2.24) is 4.90 Å². The van der Waals surface area contributed by atoms with Crippen molar-refractivity contribution in [3.05, 3.63) is 64.1 Å². The van der Waals surface area contributed by atoms with Crippen LogP contribution in [0.15, 0.2) is 48.5 Å². The van der Waals surface area contributed by atoms with Crippen molar-refractivity contribution in [1.29, 1.82) is 0 Å². The first-order chi connectivity index (χ1) is 12.1. The molecule has 0 radical (unpaired) electrons. The molecule has 0 aliphatic carbocycles.